The first kappa shape index (κ1) is 10.4. The van der Waals surface area contributed by atoms with Gasteiger partial charge in [-0.1, -0.05) is 13.2 Å². The molecule has 0 aromatic heterocycles. The van der Waals surface area contributed by atoms with E-state index in [2.05, 4.69) is 20.1 Å². The molecule has 0 aliphatic carbocycles. The standard InChI is InChI=1S/C8H14NO2/c1-4-7(10)9(6-3)8(11)5-2/h4-5,7-8,10-11H,1-3,6H2. The van der Waals surface area contributed by atoms with Gasteiger partial charge in [0.25, 0.3) is 0 Å². The molecule has 0 rings (SSSR count). The minimum absolute atomic E-state index is 0.292. The molecule has 11 heavy (non-hydrogen) atoms. The lowest BCUT2D eigenvalue weighted by Gasteiger charge is -2.26. The average Bonchev–Trinajstić information content (AvgIpc) is 2.05. The van der Waals surface area contributed by atoms with Crippen LogP contribution in [0, 0.1) is 6.92 Å². The van der Waals surface area contributed by atoms with Gasteiger partial charge in [-0.05, 0) is 19.1 Å². The van der Waals surface area contributed by atoms with Gasteiger partial charge in [0.1, 0.15) is 12.5 Å². The van der Waals surface area contributed by atoms with E-state index in [1.807, 2.05) is 0 Å². The van der Waals surface area contributed by atoms with E-state index in [0.29, 0.717) is 6.54 Å². The summed E-state index contributed by atoms with van der Waals surface area (Å²) in [5.74, 6) is 0. The highest BCUT2D eigenvalue weighted by Gasteiger charge is 2.15. The molecule has 63 valence electrons. The molecular weight excluding hydrogens is 142 g/mol. The summed E-state index contributed by atoms with van der Waals surface area (Å²) in [5.41, 5.74) is 0. The Morgan fingerprint density at radius 3 is 1.73 bits per heavy atom. The average molecular weight is 156 g/mol. The molecule has 0 bridgehead atoms. The molecule has 0 fully saturated rings. The molecule has 0 amide bonds. The highest BCUT2D eigenvalue weighted by Crippen LogP contribution is 2.02. The van der Waals surface area contributed by atoms with Crippen LogP contribution in [0.5, 0.6) is 0 Å². The van der Waals surface area contributed by atoms with E-state index in [9.17, 15) is 10.2 Å². The maximum atomic E-state index is 9.18. The monoisotopic (exact) mass is 156 g/mol. The Kier molecular flexibility index (Phi) is 4.77. The highest BCUT2D eigenvalue weighted by atomic mass is 16.3. The minimum Gasteiger partial charge on any atom is -0.375 e. The molecule has 0 aromatic rings. The first-order valence-corrected chi connectivity index (χ1v) is 3.33. The predicted molar refractivity (Wildman–Crippen MR) is 44.5 cm³/mol. The van der Waals surface area contributed by atoms with Crippen LogP contribution < -0.4 is 0 Å². The van der Waals surface area contributed by atoms with E-state index in [1.165, 1.54) is 17.1 Å². The Labute approximate surface area is 67.3 Å². The number of hydrogen-bond acceptors (Lipinski definition) is 3. The second-order valence-corrected chi connectivity index (χ2v) is 2.04. The van der Waals surface area contributed by atoms with Gasteiger partial charge < -0.3 is 10.2 Å². The smallest absolute Gasteiger partial charge is 0.128 e. The largest absolute Gasteiger partial charge is 0.375 e. The molecule has 0 heterocycles. The minimum atomic E-state index is -0.875. The van der Waals surface area contributed by atoms with E-state index in [1.54, 1.807) is 0 Å². The summed E-state index contributed by atoms with van der Waals surface area (Å²) in [6.07, 6.45) is 0.886. The van der Waals surface area contributed by atoms with Crippen molar-refractivity contribution in [2.45, 2.75) is 12.5 Å². The lowest BCUT2D eigenvalue weighted by molar-refractivity contribution is -0.0484. The molecule has 0 aromatic carbocycles. The van der Waals surface area contributed by atoms with Crippen molar-refractivity contribution in [2.75, 3.05) is 6.54 Å². The van der Waals surface area contributed by atoms with Crippen molar-refractivity contribution < 1.29 is 10.2 Å². The van der Waals surface area contributed by atoms with Gasteiger partial charge in [0.2, 0.25) is 0 Å². The molecule has 3 nitrogen and oxygen atoms in total. The maximum Gasteiger partial charge on any atom is 0.128 e. The molecule has 2 N–H and O–H groups in total. The summed E-state index contributed by atoms with van der Waals surface area (Å²) >= 11 is 0. The number of aliphatic hydroxyl groups excluding tert-OH is 2. The summed E-state index contributed by atoms with van der Waals surface area (Å²) in [6, 6.07) is 0. The predicted octanol–water partition coefficient (Wildman–Crippen LogP) is 0.131. The third-order valence-corrected chi connectivity index (χ3v) is 1.36. The zero-order valence-corrected chi connectivity index (χ0v) is 6.48. The quantitative estimate of drug-likeness (QED) is 0.439. The first-order chi connectivity index (χ1) is 5.17. The Morgan fingerprint density at radius 1 is 1.18 bits per heavy atom. The van der Waals surface area contributed by atoms with E-state index in [4.69, 9.17) is 0 Å². The fourth-order valence-electron chi connectivity index (χ4n) is 0.692. The normalized spacial score (nSPS) is 16.0. The number of hydrogen-bond donors (Lipinski definition) is 2. The molecular formula is C8H14NO2. The van der Waals surface area contributed by atoms with Crippen molar-refractivity contribution >= 4 is 0 Å². The molecule has 0 aliphatic rings. The molecule has 2 unspecified atom stereocenters. The molecule has 3 heteroatoms. The summed E-state index contributed by atoms with van der Waals surface area (Å²) < 4.78 is 0. The van der Waals surface area contributed by atoms with Crippen molar-refractivity contribution in [3.8, 4) is 0 Å². The molecule has 0 saturated heterocycles. The maximum absolute atomic E-state index is 9.18. The Hall–Kier alpha value is -0.640. The van der Waals surface area contributed by atoms with E-state index in [-0.39, 0.29) is 0 Å². The SMILES string of the molecule is [CH2]CN(C(O)C=C)C(O)C=C. The fourth-order valence-corrected chi connectivity index (χ4v) is 0.692. The van der Waals surface area contributed by atoms with Crippen molar-refractivity contribution in [1.82, 2.24) is 4.90 Å². The van der Waals surface area contributed by atoms with Gasteiger partial charge >= 0.3 is 0 Å². The highest BCUT2D eigenvalue weighted by molar-refractivity contribution is 4.86. The van der Waals surface area contributed by atoms with Gasteiger partial charge in [-0.15, -0.1) is 0 Å². The zero-order chi connectivity index (χ0) is 8.85. The van der Waals surface area contributed by atoms with Crippen LogP contribution in [-0.2, 0) is 0 Å². The third kappa shape index (κ3) is 2.84. The Morgan fingerprint density at radius 2 is 1.55 bits per heavy atom. The first-order valence-electron chi connectivity index (χ1n) is 3.33. The number of nitrogens with zero attached hydrogens (tertiary/aromatic N) is 1. The topological polar surface area (TPSA) is 43.7 Å². The lowest BCUT2D eigenvalue weighted by atomic mass is 10.4. The number of rotatable bonds is 5. The van der Waals surface area contributed by atoms with Crippen LogP contribution >= 0.6 is 0 Å². The van der Waals surface area contributed by atoms with Crippen LogP contribution in [0.2, 0.25) is 0 Å². The van der Waals surface area contributed by atoms with E-state index in [0.717, 1.165) is 0 Å². The fraction of sp³-hybridized carbons (Fsp3) is 0.375. The molecule has 0 spiro atoms. The third-order valence-electron chi connectivity index (χ3n) is 1.36. The Balaban J connectivity index is 4.13. The zero-order valence-electron chi connectivity index (χ0n) is 6.48. The van der Waals surface area contributed by atoms with Crippen LogP contribution in [0.25, 0.3) is 0 Å². The summed E-state index contributed by atoms with van der Waals surface area (Å²) in [6.45, 7) is 10.6. The Bertz CT molecular complexity index is 122. The van der Waals surface area contributed by atoms with Gasteiger partial charge in [0, 0.05) is 6.54 Å². The van der Waals surface area contributed by atoms with Crippen LogP contribution in [0.3, 0.4) is 0 Å². The molecule has 1 radical (unpaired) electrons. The summed E-state index contributed by atoms with van der Waals surface area (Å²) in [5, 5.41) is 18.4. The van der Waals surface area contributed by atoms with E-state index >= 15 is 0 Å². The van der Waals surface area contributed by atoms with Gasteiger partial charge in [-0.25, -0.2) is 4.90 Å². The lowest BCUT2D eigenvalue weighted by Crippen LogP contribution is -2.40. The molecule has 0 aliphatic heterocycles. The number of aliphatic hydroxyl groups is 2. The van der Waals surface area contributed by atoms with E-state index < -0.39 is 12.5 Å². The molecule has 0 saturated carbocycles. The van der Waals surface area contributed by atoms with Crippen molar-refractivity contribution in [2.24, 2.45) is 0 Å². The summed E-state index contributed by atoms with van der Waals surface area (Å²) in [7, 11) is 0. The van der Waals surface area contributed by atoms with Gasteiger partial charge in [0.15, 0.2) is 0 Å². The van der Waals surface area contributed by atoms with Crippen molar-refractivity contribution in [3.05, 3.63) is 32.2 Å². The summed E-state index contributed by atoms with van der Waals surface area (Å²) in [4.78, 5) is 1.33. The van der Waals surface area contributed by atoms with Crippen LogP contribution in [0.15, 0.2) is 25.3 Å². The second kappa shape index (κ2) is 5.07. The van der Waals surface area contributed by atoms with Gasteiger partial charge in [-0.2, -0.15) is 0 Å². The van der Waals surface area contributed by atoms with Gasteiger partial charge in [-0.3, -0.25) is 0 Å². The van der Waals surface area contributed by atoms with Crippen LogP contribution in [0.1, 0.15) is 0 Å². The van der Waals surface area contributed by atoms with Gasteiger partial charge in [0.05, 0.1) is 0 Å². The van der Waals surface area contributed by atoms with Crippen molar-refractivity contribution in [3.63, 3.8) is 0 Å². The van der Waals surface area contributed by atoms with Crippen molar-refractivity contribution in [1.29, 1.82) is 0 Å². The molecule has 2 atom stereocenters. The second-order valence-electron chi connectivity index (χ2n) is 2.04. The van der Waals surface area contributed by atoms with Crippen LogP contribution in [0.4, 0.5) is 0 Å². The van der Waals surface area contributed by atoms with Crippen LogP contribution in [-0.4, -0.2) is 34.1 Å².